The number of rotatable bonds is 4. The Morgan fingerprint density at radius 3 is 2.65 bits per heavy atom. The summed E-state index contributed by atoms with van der Waals surface area (Å²) in [7, 11) is 0. The third kappa shape index (κ3) is 3.55. The Balaban J connectivity index is 2.05. The van der Waals surface area contributed by atoms with E-state index in [4.69, 9.17) is 5.73 Å². The van der Waals surface area contributed by atoms with Gasteiger partial charge in [-0.25, -0.2) is 4.39 Å². The van der Waals surface area contributed by atoms with Crippen molar-refractivity contribution in [2.45, 2.75) is 13.0 Å². The van der Waals surface area contributed by atoms with Crippen molar-refractivity contribution >= 4 is 11.6 Å². The predicted octanol–water partition coefficient (Wildman–Crippen LogP) is 2.17. The van der Waals surface area contributed by atoms with Crippen LogP contribution in [0.3, 0.4) is 0 Å². The van der Waals surface area contributed by atoms with Crippen molar-refractivity contribution in [2.24, 2.45) is 5.73 Å². The lowest BCUT2D eigenvalue weighted by atomic mass is 10.1. The maximum Gasteiger partial charge on any atom is 0.228 e. The lowest BCUT2D eigenvalue weighted by Crippen LogP contribution is -2.15. The Labute approximate surface area is 116 Å². The minimum atomic E-state index is -0.516. The maximum absolute atomic E-state index is 13.7. The molecule has 0 aliphatic carbocycles. The normalized spacial score (nSPS) is 10.3. The van der Waals surface area contributed by atoms with Crippen LogP contribution in [0.25, 0.3) is 0 Å². The van der Waals surface area contributed by atoms with E-state index in [1.807, 2.05) is 0 Å². The highest BCUT2D eigenvalue weighted by atomic mass is 19.1. The van der Waals surface area contributed by atoms with Crippen LogP contribution in [0.2, 0.25) is 0 Å². The highest BCUT2D eigenvalue weighted by Crippen LogP contribution is 2.17. The summed E-state index contributed by atoms with van der Waals surface area (Å²) in [5.74, 6) is -0.777. The average molecular weight is 274 g/mol. The average Bonchev–Trinajstić information content (AvgIpc) is 2.41. The summed E-state index contributed by atoms with van der Waals surface area (Å²) in [5.41, 5.74) is 6.84. The molecule has 0 aliphatic rings. The molecule has 0 aromatic heterocycles. The lowest BCUT2D eigenvalue weighted by Gasteiger charge is -2.08. The number of aromatic hydroxyl groups is 1. The highest BCUT2D eigenvalue weighted by molar-refractivity contribution is 5.92. The number of anilines is 1. The van der Waals surface area contributed by atoms with Crippen molar-refractivity contribution in [3.05, 3.63) is 59.4 Å². The van der Waals surface area contributed by atoms with Crippen LogP contribution in [0.15, 0.2) is 42.5 Å². The SMILES string of the molecule is NCc1ccc(NC(=O)Cc2cccc(O)c2)c(F)c1. The lowest BCUT2D eigenvalue weighted by molar-refractivity contribution is -0.115. The molecule has 20 heavy (non-hydrogen) atoms. The summed E-state index contributed by atoms with van der Waals surface area (Å²) in [6.45, 7) is 0.244. The van der Waals surface area contributed by atoms with Gasteiger partial charge in [0.2, 0.25) is 5.91 Å². The number of hydrogen-bond donors (Lipinski definition) is 3. The highest BCUT2D eigenvalue weighted by Gasteiger charge is 2.08. The quantitative estimate of drug-likeness (QED) is 0.799. The molecule has 1 amide bonds. The standard InChI is InChI=1S/C15H15FN2O2/c16-13-7-11(9-17)4-5-14(13)18-15(20)8-10-2-1-3-12(19)6-10/h1-7,19H,8-9,17H2,(H,18,20). The maximum atomic E-state index is 13.7. The van der Waals surface area contributed by atoms with E-state index in [0.717, 1.165) is 0 Å². The second kappa shape index (κ2) is 6.16. The van der Waals surface area contributed by atoms with Gasteiger partial charge in [0.05, 0.1) is 12.1 Å². The van der Waals surface area contributed by atoms with Crippen molar-refractivity contribution < 1.29 is 14.3 Å². The molecule has 0 bridgehead atoms. The molecule has 0 radical (unpaired) electrons. The molecule has 0 spiro atoms. The van der Waals surface area contributed by atoms with E-state index in [0.29, 0.717) is 11.1 Å². The van der Waals surface area contributed by atoms with Crippen LogP contribution in [0, 0.1) is 5.82 Å². The first-order valence-electron chi connectivity index (χ1n) is 6.15. The van der Waals surface area contributed by atoms with Gasteiger partial charge < -0.3 is 16.2 Å². The van der Waals surface area contributed by atoms with Gasteiger partial charge in [0.1, 0.15) is 11.6 Å². The zero-order valence-corrected chi connectivity index (χ0v) is 10.8. The smallest absolute Gasteiger partial charge is 0.228 e. The zero-order chi connectivity index (χ0) is 14.5. The van der Waals surface area contributed by atoms with E-state index in [-0.39, 0.29) is 30.3 Å². The number of amides is 1. The molecule has 4 N–H and O–H groups in total. The molecule has 0 heterocycles. The Kier molecular flexibility index (Phi) is 4.32. The number of carbonyl (C=O) groups excluding carboxylic acids is 1. The molecular formula is C15H15FN2O2. The van der Waals surface area contributed by atoms with E-state index < -0.39 is 5.82 Å². The van der Waals surface area contributed by atoms with Crippen LogP contribution in [0.1, 0.15) is 11.1 Å². The first kappa shape index (κ1) is 14.0. The van der Waals surface area contributed by atoms with Crippen LogP contribution >= 0.6 is 0 Å². The van der Waals surface area contributed by atoms with Crippen molar-refractivity contribution in [3.63, 3.8) is 0 Å². The van der Waals surface area contributed by atoms with E-state index >= 15 is 0 Å². The molecule has 0 atom stereocenters. The molecule has 0 aliphatic heterocycles. The van der Waals surface area contributed by atoms with Gasteiger partial charge in [0.15, 0.2) is 0 Å². The molecule has 4 nitrogen and oxygen atoms in total. The fourth-order valence-corrected chi connectivity index (χ4v) is 1.83. The fourth-order valence-electron chi connectivity index (χ4n) is 1.83. The summed E-state index contributed by atoms with van der Waals surface area (Å²) >= 11 is 0. The van der Waals surface area contributed by atoms with E-state index in [2.05, 4.69) is 5.32 Å². The first-order chi connectivity index (χ1) is 9.58. The first-order valence-corrected chi connectivity index (χ1v) is 6.15. The summed E-state index contributed by atoms with van der Waals surface area (Å²) < 4.78 is 13.7. The topological polar surface area (TPSA) is 75.3 Å². The van der Waals surface area contributed by atoms with Crippen molar-refractivity contribution in [2.75, 3.05) is 5.32 Å². The summed E-state index contributed by atoms with van der Waals surface area (Å²) in [5, 5.41) is 11.8. The molecule has 5 heteroatoms. The number of hydrogen-bond acceptors (Lipinski definition) is 3. The fraction of sp³-hybridized carbons (Fsp3) is 0.133. The number of phenolic OH excluding ortho intramolecular Hbond substituents is 1. The summed E-state index contributed by atoms with van der Waals surface area (Å²) in [4.78, 5) is 11.8. The van der Waals surface area contributed by atoms with Crippen LogP contribution in [0.4, 0.5) is 10.1 Å². The molecular weight excluding hydrogens is 259 g/mol. The largest absolute Gasteiger partial charge is 0.508 e. The molecule has 2 aromatic rings. The molecule has 0 saturated heterocycles. The number of halogens is 1. The molecule has 0 unspecified atom stereocenters. The number of carbonyl (C=O) groups is 1. The predicted molar refractivity (Wildman–Crippen MR) is 74.7 cm³/mol. The summed E-state index contributed by atoms with van der Waals surface area (Å²) in [6, 6.07) is 10.8. The van der Waals surface area contributed by atoms with Gasteiger partial charge in [0, 0.05) is 6.54 Å². The summed E-state index contributed by atoms with van der Waals surface area (Å²) in [6.07, 6.45) is 0.0620. The third-order valence-corrected chi connectivity index (χ3v) is 2.82. The number of phenols is 1. The third-order valence-electron chi connectivity index (χ3n) is 2.82. The second-order valence-electron chi connectivity index (χ2n) is 4.41. The Hall–Kier alpha value is -2.40. The molecule has 2 rings (SSSR count). The van der Waals surface area contributed by atoms with Gasteiger partial charge >= 0.3 is 0 Å². The van der Waals surface area contributed by atoms with Crippen LogP contribution in [0.5, 0.6) is 5.75 Å². The Morgan fingerprint density at radius 2 is 2.00 bits per heavy atom. The number of nitrogens with one attached hydrogen (secondary N) is 1. The van der Waals surface area contributed by atoms with E-state index in [1.54, 1.807) is 18.2 Å². The van der Waals surface area contributed by atoms with Gasteiger partial charge in [-0.3, -0.25) is 4.79 Å². The minimum absolute atomic E-state index is 0.0620. The van der Waals surface area contributed by atoms with Crippen molar-refractivity contribution in [1.82, 2.24) is 0 Å². The van der Waals surface area contributed by atoms with E-state index in [9.17, 15) is 14.3 Å². The zero-order valence-electron chi connectivity index (χ0n) is 10.8. The monoisotopic (exact) mass is 274 g/mol. The van der Waals surface area contributed by atoms with Crippen molar-refractivity contribution in [3.8, 4) is 5.75 Å². The van der Waals surface area contributed by atoms with Crippen LogP contribution in [-0.2, 0) is 17.8 Å². The minimum Gasteiger partial charge on any atom is -0.508 e. The number of benzene rings is 2. The van der Waals surface area contributed by atoms with Crippen LogP contribution in [-0.4, -0.2) is 11.0 Å². The van der Waals surface area contributed by atoms with Gasteiger partial charge in [-0.1, -0.05) is 18.2 Å². The number of nitrogens with two attached hydrogens (primary N) is 1. The van der Waals surface area contributed by atoms with E-state index in [1.165, 1.54) is 24.3 Å². The molecule has 104 valence electrons. The van der Waals surface area contributed by atoms with Gasteiger partial charge in [-0.2, -0.15) is 0 Å². The van der Waals surface area contributed by atoms with Crippen molar-refractivity contribution in [1.29, 1.82) is 0 Å². The Morgan fingerprint density at radius 1 is 1.20 bits per heavy atom. The molecule has 0 saturated carbocycles. The Bertz CT molecular complexity index is 629. The van der Waals surface area contributed by atoms with Gasteiger partial charge in [0.25, 0.3) is 0 Å². The van der Waals surface area contributed by atoms with Gasteiger partial charge in [-0.15, -0.1) is 0 Å². The molecule has 0 fully saturated rings. The van der Waals surface area contributed by atoms with Gasteiger partial charge in [-0.05, 0) is 35.4 Å². The van der Waals surface area contributed by atoms with Crippen LogP contribution < -0.4 is 11.1 Å². The molecule has 2 aromatic carbocycles. The second-order valence-corrected chi connectivity index (χ2v) is 4.41.